The van der Waals surface area contributed by atoms with Crippen molar-refractivity contribution in [1.29, 1.82) is 0 Å². The Kier molecular flexibility index (Phi) is 12.0. The molecule has 26 heavy (non-hydrogen) atoms. The van der Waals surface area contributed by atoms with E-state index in [0.29, 0.717) is 0 Å². The van der Waals surface area contributed by atoms with Crippen LogP contribution >= 0.6 is 0 Å². The number of fused-ring (bicyclic) bond motifs is 1. The first-order valence-electron chi connectivity index (χ1n) is 10.5. The highest BCUT2D eigenvalue weighted by atomic mass is 16.0. The molecular formula is C24H39NO. The molecule has 2 aromatic rings. The molecule has 2 rings (SSSR count). The van der Waals surface area contributed by atoms with E-state index in [9.17, 15) is 0 Å². The van der Waals surface area contributed by atoms with Gasteiger partial charge in [-0.05, 0) is 55.2 Å². The van der Waals surface area contributed by atoms with E-state index in [0.717, 1.165) is 0 Å². The van der Waals surface area contributed by atoms with E-state index in [-0.39, 0.29) is 5.48 Å². The molecule has 0 aliphatic heterocycles. The van der Waals surface area contributed by atoms with Crippen molar-refractivity contribution in [3.63, 3.8) is 0 Å². The summed E-state index contributed by atoms with van der Waals surface area (Å²) in [5, 5.41) is 2.82. The van der Waals surface area contributed by atoms with Crippen LogP contribution in [0, 0.1) is 0 Å². The maximum absolute atomic E-state index is 2.54. The predicted octanol–water partition coefficient (Wildman–Crippen LogP) is 6.02. The second kappa shape index (κ2) is 13.8. The molecule has 0 bridgehead atoms. The van der Waals surface area contributed by atoms with E-state index < -0.39 is 0 Å². The van der Waals surface area contributed by atoms with Gasteiger partial charge in [-0.1, -0.05) is 94.8 Å². The zero-order chi connectivity index (χ0) is 17.7. The Bertz CT molecular complexity index is 586. The minimum Gasteiger partial charge on any atom is -0.412 e. The van der Waals surface area contributed by atoms with Crippen molar-refractivity contribution < 1.29 is 5.48 Å². The minimum atomic E-state index is 0. The van der Waals surface area contributed by atoms with Gasteiger partial charge in [-0.3, -0.25) is 0 Å². The molecule has 2 heteroatoms. The van der Waals surface area contributed by atoms with Crippen molar-refractivity contribution in [2.45, 2.75) is 71.6 Å². The molecule has 0 heterocycles. The third-order valence-electron chi connectivity index (χ3n) is 5.44. The quantitative estimate of drug-likeness (QED) is 0.404. The third kappa shape index (κ3) is 7.88. The van der Waals surface area contributed by atoms with Gasteiger partial charge in [0.1, 0.15) is 0 Å². The average molecular weight is 358 g/mol. The van der Waals surface area contributed by atoms with Crippen LogP contribution in [0.1, 0.15) is 70.8 Å². The van der Waals surface area contributed by atoms with Crippen LogP contribution in [0.2, 0.25) is 0 Å². The summed E-state index contributed by atoms with van der Waals surface area (Å²) in [6.07, 6.45) is 12.4. The van der Waals surface area contributed by atoms with E-state index >= 15 is 0 Å². The van der Waals surface area contributed by atoms with Crippen molar-refractivity contribution in [1.82, 2.24) is 4.90 Å². The average Bonchev–Trinajstić information content (AvgIpc) is 2.66. The number of aryl methyl sites for hydroxylation is 1. The standard InChI is InChI=1S/C24H37N.H2O/c1-3-25(4-2)21-14-10-8-6-5-7-9-11-16-22-18-15-19-23-17-12-13-20-24(22)23;/h12-13,15,17-20H,3-11,14,16,21H2,1-2H3;1H2. The topological polar surface area (TPSA) is 34.7 Å². The summed E-state index contributed by atoms with van der Waals surface area (Å²) in [5.74, 6) is 0. The number of rotatable bonds is 13. The van der Waals surface area contributed by atoms with E-state index in [2.05, 4.69) is 61.2 Å². The van der Waals surface area contributed by atoms with Crippen LogP contribution in [0.5, 0.6) is 0 Å². The van der Waals surface area contributed by atoms with Crippen LogP contribution in [0.25, 0.3) is 10.8 Å². The maximum Gasteiger partial charge on any atom is -0.00190 e. The number of nitrogens with zero attached hydrogens (tertiary/aromatic N) is 1. The Morgan fingerprint density at radius 3 is 1.92 bits per heavy atom. The predicted molar refractivity (Wildman–Crippen MR) is 116 cm³/mol. The number of hydrogen-bond acceptors (Lipinski definition) is 1. The van der Waals surface area contributed by atoms with Gasteiger partial charge >= 0.3 is 0 Å². The summed E-state index contributed by atoms with van der Waals surface area (Å²) in [5.41, 5.74) is 1.52. The van der Waals surface area contributed by atoms with Crippen LogP contribution in [-0.4, -0.2) is 30.0 Å². The fourth-order valence-electron chi connectivity index (χ4n) is 3.76. The van der Waals surface area contributed by atoms with Crippen LogP contribution in [0.15, 0.2) is 42.5 Å². The van der Waals surface area contributed by atoms with Crippen molar-refractivity contribution in [2.75, 3.05) is 19.6 Å². The van der Waals surface area contributed by atoms with Gasteiger partial charge in [0, 0.05) is 0 Å². The molecule has 0 radical (unpaired) electrons. The normalized spacial score (nSPS) is 11.0. The largest absolute Gasteiger partial charge is 0.412 e. The molecule has 0 fully saturated rings. The Labute approximate surface area is 160 Å². The lowest BCUT2D eigenvalue weighted by molar-refractivity contribution is 0.295. The second-order valence-electron chi connectivity index (χ2n) is 7.24. The summed E-state index contributed by atoms with van der Waals surface area (Å²) in [6, 6.07) is 15.5. The van der Waals surface area contributed by atoms with Crippen LogP contribution in [0.4, 0.5) is 0 Å². The molecule has 0 aliphatic carbocycles. The van der Waals surface area contributed by atoms with Gasteiger partial charge in [0.25, 0.3) is 0 Å². The third-order valence-corrected chi connectivity index (χ3v) is 5.44. The lowest BCUT2D eigenvalue weighted by Gasteiger charge is -2.17. The van der Waals surface area contributed by atoms with Crippen LogP contribution in [-0.2, 0) is 6.42 Å². The Balaban J connectivity index is 0.00000338. The number of benzene rings is 2. The van der Waals surface area contributed by atoms with Gasteiger partial charge < -0.3 is 10.4 Å². The van der Waals surface area contributed by atoms with E-state index in [1.165, 1.54) is 93.8 Å². The first-order valence-corrected chi connectivity index (χ1v) is 10.5. The van der Waals surface area contributed by atoms with Crippen molar-refractivity contribution in [2.24, 2.45) is 0 Å². The minimum absolute atomic E-state index is 0. The molecule has 2 aromatic carbocycles. The smallest absolute Gasteiger partial charge is 0.00190 e. The van der Waals surface area contributed by atoms with Gasteiger partial charge in [-0.15, -0.1) is 0 Å². The highest BCUT2D eigenvalue weighted by molar-refractivity contribution is 5.85. The Morgan fingerprint density at radius 2 is 1.23 bits per heavy atom. The van der Waals surface area contributed by atoms with Crippen molar-refractivity contribution in [3.05, 3.63) is 48.0 Å². The Morgan fingerprint density at radius 1 is 0.654 bits per heavy atom. The molecule has 0 amide bonds. The summed E-state index contributed by atoms with van der Waals surface area (Å²) in [7, 11) is 0. The van der Waals surface area contributed by atoms with E-state index in [1.54, 1.807) is 0 Å². The molecular weight excluding hydrogens is 318 g/mol. The number of hydrogen-bond donors (Lipinski definition) is 0. The zero-order valence-corrected chi connectivity index (χ0v) is 17.0. The van der Waals surface area contributed by atoms with Gasteiger partial charge in [0.15, 0.2) is 0 Å². The summed E-state index contributed by atoms with van der Waals surface area (Å²) in [6.45, 7) is 8.22. The molecule has 0 spiro atoms. The Hall–Kier alpha value is -1.38. The molecule has 0 saturated heterocycles. The van der Waals surface area contributed by atoms with Gasteiger partial charge in [-0.25, -0.2) is 0 Å². The van der Waals surface area contributed by atoms with Gasteiger partial charge in [0.2, 0.25) is 0 Å². The van der Waals surface area contributed by atoms with Gasteiger partial charge in [-0.2, -0.15) is 0 Å². The van der Waals surface area contributed by atoms with Crippen molar-refractivity contribution in [3.8, 4) is 0 Å². The van der Waals surface area contributed by atoms with E-state index in [4.69, 9.17) is 0 Å². The lowest BCUT2D eigenvalue weighted by Crippen LogP contribution is -2.23. The van der Waals surface area contributed by atoms with Crippen LogP contribution < -0.4 is 0 Å². The van der Waals surface area contributed by atoms with Crippen molar-refractivity contribution >= 4 is 10.8 Å². The molecule has 0 atom stereocenters. The molecule has 0 unspecified atom stereocenters. The lowest BCUT2D eigenvalue weighted by atomic mass is 9.99. The summed E-state index contributed by atoms with van der Waals surface area (Å²) in [4.78, 5) is 2.54. The molecule has 0 aromatic heterocycles. The zero-order valence-electron chi connectivity index (χ0n) is 17.0. The fraction of sp³-hybridized carbons (Fsp3) is 0.583. The summed E-state index contributed by atoms with van der Waals surface area (Å²) >= 11 is 0. The van der Waals surface area contributed by atoms with Crippen LogP contribution in [0.3, 0.4) is 0 Å². The first-order chi connectivity index (χ1) is 12.3. The maximum atomic E-state index is 2.54. The molecule has 2 N–H and O–H groups in total. The molecule has 0 aliphatic rings. The SMILES string of the molecule is CCN(CC)CCCCCCCCCCc1cccc2ccccc12.O. The van der Waals surface area contributed by atoms with E-state index in [1.807, 2.05) is 0 Å². The fourth-order valence-corrected chi connectivity index (χ4v) is 3.76. The highest BCUT2D eigenvalue weighted by Gasteiger charge is 2.01. The monoisotopic (exact) mass is 357 g/mol. The summed E-state index contributed by atoms with van der Waals surface area (Å²) < 4.78 is 0. The molecule has 2 nitrogen and oxygen atoms in total. The first kappa shape index (κ1) is 22.7. The number of unbranched alkanes of at least 4 members (excludes halogenated alkanes) is 7. The molecule has 0 saturated carbocycles. The highest BCUT2D eigenvalue weighted by Crippen LogP contribution is 2.20. The molecule has 146 valence electrons. The van der Waals surface area contributed by atoms with Gasteiger partial charge in [0.05, 0.1) is 0 Å². The second-order valence-corrected chi connectivity index (χ2v) is 7.24.